The van der Waals surface area contributed by atoms with Crippen molar-refractivity contribution in [2.45, 2.75) is 13.0 Å². The number of dihydropyridines is 1. The Bertz CT molecular complexity index is 1120. The summed E-state index contributed by atoms with van der Waals surface area (Å²) in [5.74, 6) is -1.40. The van der Waals surface area contributed by atoms with Crippen LogP contribution in [-0.2, 0) is 11.8 Å². The standard InChI is InChI=1S/C17H16N6O3S/c1-9-12(3-10(4-18-9)17(25)26)21-15(24)11-5-20-23-7-14(27-16(11)23)13-6-22(2)8-19-13/h3-9,18H,1-2H3,(H,21,24)(H,25,26). The number of nitrogens with zero attached hydrogens (tertiary/aromatic N) is 4. The number of carboxylic acids is 1. The highest BCUT2D eigenvalue weighted by molar-refractivity contribution is 7.21. The number of rotatable bonds is 4. The molecule has 4 rings (SSSR count). The number of carbonyl (C=O) groups excluding carboxylic acids is 1. The summed E-state index contributed by atoms with van der Waals surface area (Å²) in [7, 11) is 1.89. The predicted octanol–water partition coefficient (Wildman–Crippen LogP) is 1.37. The molecule has 0 aromatic carbocycles. The molecule has 9 nitrogen and oxygen atoms in total. The number of imidazole rings is 1. The number of aliphatic carboxylic acids is 1. The molecule has 3 aromatic heterocycles. The molecule has 3 N–H and O–H groups in total. The van der Waals surface area contributed by atoms with Crippen LogP contribution < -0.4 is 10.6 Å². The van der Waals surface area contributed by atoms with Gasteiger partial charge in [-0.2, -0.15) is 5.10 Å². The van der Waals surface area contributed by atoms with E-state index in [1.807, 2.05) is 30.9 Å². The van der Waals surface area contributed by atoms with Crippen LogP contribution in [-0.4, -0.2) is 42.2 Å². The molecular weight excluding hydrogens is 368 g/mol. The normalized spacial score (nSPS) is 16.6. The number of carbonyl (C=O) groups is 2. The van der Waals surface area contributed by atoms with Crippen molar-refractivity contribution in [1.82, 2.24) is 29.8 Å². The molecule has 4 heterocycles. The summed E-state index contributed by atoms with van der Waals surface area (Å²) in [6.45, 7) is 1.83. The molecule has 0 aliphatic carbocycles. The first kappa shape index (κ1) is 17.0. The second-order valence-corrected chi connectivity index (χ2v) is 7.21. The summed E-state index contributed by atoms with van der Waals surface area (Å²) >= 11 is 1.42. The Morgan fingerprint density at radius 1 is 1.37 bits per heavy atom. The van der Waals surface area contributed by atoms with Crippen molar-refractivity contribution in [3.63, 3.8) is 0 Å². The molecule has 0 spiro atoms. The quantitative estimate of drug-likeness (QED) is 0.626. The summed E-state index contributed by atoms with van der Waals surface area (Å²) in [5.41, 5.74) is 1.79. The zero-order valence-electron chi connectivity index (χ0n) is 14.5. The van der Waals surface area contributed by atoms with Crippen molar-refractivity contribution in [3.8, 4) is 10.6 Å². The summed E-state index contributed by atoms with van der Waals surface area (Å²) < 4.78 is 3.49. The van der Waals surface area contributed by atoms with Crippen LogP contribution in [0, 0.1) is 0 Å². The minimum atomic E-state index is -1.06. The fraction of sp³-hybridized carbons (Fsp3) is 0.176. The van der Waals surface area contributed by atoms with Crippen molar-refractivity contribution in [2.75, 3.05) is 0 Å². The first-order chi connectivity index (χ1) is 12.9. The molecule has 1 aliphatic rings. The Morgan fingerprint density at radius 2 is 2.19 bits per heavy atom. The molecule has 138 valence electrons. The van der Waals surface area contributed by atoms with Crippen LogP contribution in [0.5, 0.6) is 0 Å². The number of aromatic nitrogens is 4. The summed E-state index contributed by atoms with van der Waals surface area (Å²) in [6, 6.07) is -0.212. The minimum absolute atomic E-state index is 0.0807. The molecule has 0 radical (unpaired) electrons. The number of aryl methyl sites for hydroxylation is 1. The first-order valence-electron chi connectivity index (χ1n) is 8.10. The maximum Gasteiger partial charge on any atom is 0.337 e. The average molecular weight is 384 g/mol. The van der Waals surface area contributed by atoms with Crippen LogP contribution in [0.1, 0.15) is 17.3 Å². The predicted molar refractivity (Wildman–Crippen MR) is 99.1 cm³/mol. The van der Waals surface area contributed by atoms with Gasteiger partial charge in [0.05, 0.1) is 40.3 Å². The van der Waals surface area contributed by atoms with Crippen LogP contribution in [0.2, 0.25) is 0 Å². The second kappa shape index (κ2) is 6.40. The van der Waals surface area contributed by atoms with E-state index < -0.39 is 5.97 Å². The Kier molecular flexibility index (Phi) is 4.04. The molecular formula is C17H16N6O3S. The van der Waals surface area contributed by atoms with E-state index in [0.717, 1.165) is 10.6 Å². The summed E-state index contributed by atoms with van der Waals surface area (Å²) in [4.78, 5) is 29.8. The van der Waals surface area contributed by atoms with Crippen molar-refractivity contribution in [3.05, 3.63) is 54.0 Å². The fourth-order valence-corrected chi connectivity index (χ4v) is 3.73. The van der Waals surface area contributed by atoms with E-state index in [1.54, 1.807) is 10.8 Å². The van der Waals surface area contributed by atoms with Gasteiger partial charge < -0.3 is 20.3 Å². The molecule has 0 bridgehead atoms. The topological polar surface area (TPSA) is 114 Å². The molecule has 1 unspecified atom stereocenters. The van der Waals surface area contributed by atoms with Gasteiger partial charge in [0.25, 0.3) is 5.91 Å². The van der Waals surface area contributed by atoms with E-state index in [9.17, 15) is 9.59 Å². The Hall–Kier alpha value is -3.40. The smallest absolute Gasteiger partial charge is 0.337 e. The largest absolute Gasteiger partial charge is 0.478 e. The van der Waals surface area contributed by atoms with Crippen LogP contribution in [0.25, 0.3) is 15.4 Å². The van der Waals surface area contributed by atoms with Gasteiger partial charge in [0, 0.05) is 31.3 Å². The lowest BCUT2D eigenvalue weighted by atomic mass is 10.1. The third-order valence-corrected chi connectivity index (χ3v) is 5.30. The highest BCUT2D eigenvalue weighted by Crippen LogP contribution is 2.29. The van der Waals surface area contributed by atoms with Crippen molar-refractivity contribution < 1.29 is 14.7 Å². The van der Waals surface area contributed by atoms with Gasteiger partial charge in [-0.05, 0) is 13.0 Å². The van der Waals surface area contributed by atoms with Gasteiger partial charge in [-0.25, -0.2) is 14.3 Å². The molecule has 1 amide bonds. The number of carboxylic acid groups (broad SMARTS) is 1. The van der Waals surface area contributed by atoms with Gasteiger partial charge in [0.15, 0.2) is 0 Å². The second-order valence-electron chi connectivity index (χ2n) is 6.17. The third kappa shape index (κ3) is 3.10. The maximum absolute atomic E-state index is 12.7. The van der Waals surface area contributed by atoms with E-state index in [1.165, 1.54) is 29.8 Å². The minimum Gasteiger partial charge on any atom is -0.478 e. The van der Waals surface area contributed by atoms with E-state index in [4.69, 9.17) is 5.11 Å². The van der Waals surface area contributed by atoms with Crippen molar-refractivity contribution >= 4 is 28.0 Å². The number of hydrogen-bond acceptors (Lipinski definition) is 6. The van der Waals surface area contributed by atoms with E-state index in [0.29, 0.717) is 16.1 Å². The Labute approximate surface area is 157 Å². The van der Waals surface area contributed by atoms with E-state index in [2.05, 4.69) is 20.7 Å². The monoisotopic (exact) mass is 384 g/mol. The third-order valence-electron chi connectivity index (χ3n) is 4.17. The highest BCUT2D eigenvalue weighted by Gasteiger charge is 2.22. The number of hydrogen-bond donors (Lipinski definition) is 3. The van der Waals surface area contributed by atoms with Gasteiger partial charge >= 0.3 is 5.97 Å². The molecule has 0 fully saturated rings. The van der Waals surface area contributed by atoms with E-state index in [-0.39, 0.29) is 17.5 Å². The average Bonchev–Trinajstić information content (AvgIpc) is 3.31. The Morgan fingerprint density at radius 3 is 2.89 bits per heavy atom. The van der Waals surface area contributed by atoms with Gasteiger partial charge in [0.2, 0.25) is 0 Å². The fourth-order valence-electron chi connectivity index (χ4n) is 2.71. The van der Waals surface area contributed by atoms with Gasteiger partial charge in [0.1, 0.15) is 4.83 Å². The van der Waals surface area contributed by atoms with Crippen LogP contribution >= 0.6 is 11.3 Å². The number of fused-ring (bicyclic) bond motifs is 1. The van der Waals surface area contributed by atoms with Crippen LogP contribution in [0.3, 0.4) is 0 Å². The molecule has 10 heteroatoms. The Balaban J connectivity index is 1.62. The molecule has 0 saturated carbocycles. The van der Waals surface area contributed by atoms with Crippen LogP contribution in [0.15, 0.2) is 48.5 Å². The molecule has 27 heavy (non-hydrogen) atoms. The summed E-state index contributed by atoms with van der Waals surface area (Å²) in [6.07, 6.45) is 9.80. The zero-order valence-corrected chi connectivity index (χ0v) is 15.3. The number of amides is 1. The molecule has 1 aliphatic heterocycles. The van der Waals surface area contributed by atoms with Gasteiger partial charge in [-0.1, -0.05) is 0 Å². The molecule has 0 saturated heterocycles. The van der Waals surface area contributed by atoms with Gasteiger partial charge in [-0.15, -0.1) is 11.3 Å². The van der Waals surface area contributed by atoms with E-state index >= 15 is 0 Å². The zero-order chi connectivity index (χ0) is 19.1. The molecule has 1 atom stereocenters. The van der Waals surface area contributed by atoms with Gasteiger partial charge in [-0.3, -0.25) is 4.79 Å². The maximum atomic E-state index is 12.7. The van der Waals surface area contributed by atoms with Crippen molar-refractivity contribution in [2.24, 2.45) is 7.05 Å². The van der Waals surface area contributed by atoms with Crippen molar-refractivity contribution in [1.29, 1.82) is 0 Å². The number of thiazole rings is 1. The lowest BCUT2D eigenvalue weighted by Gasteiger charge is -2.21. The lowest BCUT2D eigenvalue weighted by molar-refractivity contribution is -0.132. The highest BCUT2D eigenvalue weighted by atomic mass is 32.1. The molecule has 3 aromatic rings. The SMILES string of the molecule is CC1NC=C(C(=O)O)C=C1NC(=O)c1cnn2cc(-c3cn(C)cn3)sc12. The summed E-state index contributed by atoms with van der Waals surface area (Å²) in [5, 5.41) is 19.1. The van der Waals surface area contributed by atoms with Crippen LogP contribution in [0.4, 0.5) is 0 Å². The lowest BCUT2D eigenvalue weighted by Crippen LogP contribution is -2.37. The number of nitrogens with one attached hydrogen (secondary N) is 2. The first-order valence-corrected chi connectivity index (χ1v) is 8.92.